The topological polar surface area (TPSA) is 69.6 Å². The molecule has 0 aliphatic rings. The largest absolute Gasteiger partial charge is 0.394 e. The molecule has 0 radical (unpaired) electrons. The molecule has 0 saturated carbocycles. The molecular formula is C82H153NO3. The van der Waals surface area contributed by atoms with E-state index in [9.17, 15) is 15.0 Å². The third-order valence-corrected chi connectivity index (χ3v) is 18.2. The number of unbranched alkanes of at least 4 members (excludes halogenated alkanes) is 56. The molecular weight excluding hydrogens is 1050 g/mol. The Labute approximate surface area is 539 Å². The number of nitrogens with one attached hydrogen (secondary N) is 1. The molecule has 0 fully saturated rings. The summed E-state index contributed by atoms with van der Waals surface area (Å²) in [6, 6.07) is -0.641. The standard InChI is InChI=1S/C82H153NO3/c1-3-5-7-9-11-13-15-17-19-21-23-25-27-29-31-33-35-37-38-39-40-41-42-43-44-46-48-50-52-54-56-58-60-62-64-66-68-70-72-74-76-78-82(86)83-80(79-84)81(85)77-75-73-71-69-67-65-63-61-59-57-55-53-51-49-47-45-36-34-32-30-28-26-24-22-20-18-16-14-12-10-8-6-4-2/h5,7,11,13,17,19,23,25,67,69,75,77,80-81,84-85H,3-4,6,8-10,12,14-16,18,20-22,24,26-66,68,70-74,76,78-79H2,1-2H3,(H,83,86)/b7-5-,13-11-,19-17-,25-23-,69-67+,77-75+. The Balaban J connectivity index is 3.42. The Kier molecular flexibility index (Phi) is 75.1. The lowest BCUT2D eigenvalue weighted by atomic mass is 10.0. The van der Waals surface area contributed by atoms with Crippen molar-refractivity contribution in [3.8, 4) is 0 Å². The quantitative estimate of drug-likeness (QED) is 0.0420. The SMILES string of the molecule is CC/C=C\C/C=C\C/C=C\C/C=C\CCCCCCCCCCCCCCCCCCCCCCCCCCCCCCC(=O)NC(CO)C(O)/C=C/CC/C=C/CCCCCCCCCCCCCCCCCCCCCCCCCCCCC. The van der Waals surface area contributed by atoms with E-state index in [2.05, 4.69) is 79.9 Å². The lowest BCUT2D eigenvalue weighted by Crippen LogP contribution is -2.45. The normalized spacial score (nSPS) is 13.0. The highest BCUT2D eigenvalue weighted by Gasteiger charge is 2.18. The summed E-state index contributed by atoms with van der Waals surface area (Å²) in [5.41, 5.74) is 0. The fraction of sp³-hybridized carbons (Fsp3) is 0.841. The zero-order valence-electron chi connectivity index (χ0n) is 58.3. The summed E-state index contributed by atoms with van der Waals surface area (Å²) in [5.74, 6) is -0.0656. The molecule has 2 atom stereocenters. The summed E-state index contributed by atoms with van der Waals surface area (Å²) in [6.45, 7) is 4.23. The van der Waals surface area contributed by atoms with Gasteiger partial charge >= 0.3 is 0 Å². The second-order valence-electron chi connectivity index (χ2n) is 26.7. The molecule has 504 valence electrons. The van der Waals surface area contributed by atoms with Crippen LogP contribution in [0.15, 0.2) is 72.9 Å². The number of amides is 1. The smallest absolute Gasteiger partial charge is 0.220 e. The molecule has 0 aromatic heterocycles. The first-order valence-electron chi connectivity index (χ1n) is 39.2. The van der Waals surface area contributed by atoms with Crippen LogP contribution in [0.5, 0.6) is 0 Å². The van der Waals surface area contributed by atoms with E-state index in [1.807, 2.05) is 6.08 Å². The van der Waals surface area contributed by atoms with Crippen molar-refractivity contribution in [1.82, 2.24) is 5.32 Å². The second kappa shape index (κ2) is 77.1. The minimum absolute atomic E-state index is 0.0656. The van der Waals surface area contributed by atoms with Gasteiger partial charge in [-0.2, -0.15) is 0 Å². The summed E-state index contributed by atoms with van der Waals surface area (Å²) in [7, 11) is 0. The fourth-order valence-electron chi connectivity index (χ4n) is 12.3. The van der Waals surface area contributed by atoms with Gasteiger partial charge in [0, 0.05) is 6.42 Å². The summed E-state index contributed by atoms with van der Waals surface area (Å²) in [4.78, 5) is 12.6. The van der Waals surface area contributed by atoms with Crippen LogP contribution in [0.1, 0.15) is 425 Å². The number of rotatable bonds is 73. The van der Waals surface area contributed by atoms with Crippen molar-refractivity contribution in [1.29, 1.82) is 0 Å². The van der Waals surface area contributed by atoms with Crippen molar-refractivity contribution in [3.63, 3.8) is 0 Å². The number of aliphatic hydroxyl groups excluding tert-OH is 2. The Morgan fingerprint density at radius 3 is 0.814 bits per heavy atom. The molecule has 0 saturated heterocycles. The maximum absolute atomic E-state index is 12.6. The van der Waals surface area contributed by atoms with Crippen LogP contribution in [-0.4, -0.2) is 34.9 Å². The van der Waals surface area contributed by atoms with Crippen LogP contribution in [0.25, 0.3) is 0 Å². The van der Waals surface area contributed by atoms with E-state index < -0.39 is 12.1 Å². The molecule has 86 heavy (non-hydrogen) atoms. The van der Waals surface area contributed by atoms with Crippen molar-refractivity contribution in [3.05, 3.63) is 72.9 Å². The zero-order chi connectivity index (χ0) is 61.9. The zero-order valence-corrected chi connectivity index (χ0v) is 58.3. The van der Waals surface area contributed by atoms with Crippen LogP contribution in [0.2, 0.25) is 0 Å². The first-order chi connectivity index (χ1) is 42.7. The van der Waals surface area contributed by atoms with Crippen LogP contribution in [0.3, 0.4) is 0 Å². The molecule has 0 aliphatic carbocycles. The number of allylic oxidation sites excluding steroid dienone is 11. The minimum Gasteiger partial charge on any atom is -0.394 e. The van der Waals surface area contributed by atoms with Gasteiger partial charge in [0.25, 0.3) is 0 Å². The number of carbonyl (C=O) groups excluding carboxylic acids is 1. The first kappa shape index (κ1) is 83.8. The summed E-state index contributed by atoms with van der Waals surface area (Å²) >= 11 is 0. The third-order valence-electron chi connectivity index (χ3n) is 18.2. The molecule has 0 aliphatic heterocycles. The van der Waals surface area contributed by atoms with Crippen molar-refractivity contribution < 1.29 is 15.0 Å². The van der Waals surface area contributed by atoms with E-state index in [-0.39, 0.29) is 12.5 Å². The van der Waals surface area contributed by atoms with Gasteiger partial charge in [-0.3, -0.25) is 4.79 Å². The van der Waals surface area contributed by atoms with E-state index in [0.717, 1.165) is 57.8 Å². The Bertz CT molecular complexity index is 1460. The number of aliphatic hydroxyl groups is 2. The molecule has 4 heteroatoms. The molecule has 0 heterocycles. The van der Waals surface area contributed by atoms with Crippen LogP contribution >= 0.6 is 0 Å². The van der Waals surface area contributed by atoms with E-state index in [0.29, 0.717) is 6.42 Å². The maximum Gasteiger partial charge on any atom is 0.220 e. The Morgan fingerprint density at radius 1 is 0.291 bits per heavy atom. The van der Waals surface area contributed by atoms with E-state index >= 15 is 0 Å². The monoisotopic (exact) mass is 1200 g/mol. The molecule has 3 N–H and O–H groups in total. The molecule has 0 aromatic carbocycles. The van der Waals surface area contributed by atoms with E-state index in [4.69, 9.17) is 0 Å². The van der Waals surface area contributed by atoms with Crippen LogP contribution in [-0.2, 0) is 4.79 Å². The highest BCUT2D eigenvalue weighted by atomic mass is 16.3. The number of hydrogen-bond acceptors (Lipinski definition) is 3. The minimum atomic E-state index is -0.865. The van der Waals surface area contributed by atoms with Crippen LogP contribution < -0.4 is 5.32 Å². The molecule has 0 rings (SSSR count). The highest BCUT2D eigenvalue weighted by Crippen LogP contribution is 2.20. The highest BCUT2D eigenvalue weighted by molar-refractivity contribution is 5.76. The number of hydrogen-bond donors (Lipinski definition) is 3. The number of carbonyl (C=O) groups is 1. The van der Waals surface area contributed by atoms with Gasteiger partial charge in [-0.1, -0.05) is 421 Å². The molecule has 0 aromatic rings. The van der Waals surface area contributed by atoms with E-state index in [1.54, 1.807) is 6.08 Å². The van der Waals surface area contributed by atoms with Gasteiger partial charge in [0.2, 0.25) is 5.91 Å². The van der Waals surface area contributed by atoms with Crippen molar-refractivity contribution in [2.24, 2.45) is 0 Å². The maximum atomic E-state index is 12.6. The Hall–Kier alpha value is -2.17. The molecule has 1 amide bonds. The summed E-state index contributed by atoms with van der Waals surface area (Å²) in [6.07, 6.45) is 112. The van der Waals surface area contributed by atoms with Gasteiger partial charge in [-0.15, -0.1) is 0 Å². The fourth-order valence-corrected chi connectivity index (χ4v) is 12.3. The van der Waals surface area contributed by atoms with Gasteiger partial charge < -0.3 is 15.5 Å². The summed E-state index contributed by atoms with van der Waals surface area (Å²) in [5, 5.41) is 23.3. The first-order valence-corrected chi connectivity index (χ1v) is 39.2. The van der Waals surface area contributed by atoms with Gasteiger partial charge in [-0.05, 0) is 70.6 Å². The van der Waals surface area contributed by atoms with Crippen LogP contribution in [0.4, 0.5) is 0 Å². The second-order valence-corrected chi connectivity index (χ2v) is 26.7. The lowest BCUT2D eigenvalue weighted by Gasteiger charge is -2.19. The average molecular weight is 1200 g/mol. The Morgan fingerprint density at radius 2 is 0.523 bits per heavy atom. The molecule has 4 nitrogen and oxygen atoms in total. The average Bonchev–Trinajstić information content (AvgIpc) is 3.59. The van der Waals surface area contributed by atoms with E-state index in [1.165, 1.54) is 347 Å². The lowest BCUT2D eigenvalue weighted by molar-refractivity contribution is -0.123. The van der Waals surface area contributed by atoms with Crippen molar-refractivity contribution in [2.45, 2.75) is 437 Å². The third kappa shape index (κ3) is 72.6. The molecule has 0 bridgehead atoms. The van der Waals surface area contributed by atoms with Gasteiger partial charge in [0.05, 0.1) is 18.8 Å². The van der Waals surface area contributed by atoms with Gasteiger partial charge in [0.15, 0.2) is 0 Å². The predicted octanol–water partition coefficient (Wildman–Crippen LogP) is 27.2. The van der Waals surface area contributed by atoms with Gasteiger partial charge in [0.1, 0.15) is 0 Å². The van der Waals surface area contributed by atoms with Gasteiger partial charge in [-0.25, -0.2) is 0 Å². The predicted molar refractivity (Wildman–Crippen MR) is 387 cm³/mol. The molecule has 2 unspecified atom stereocenters. The van der Waals surface area contributed by atoms with Crippen molar-refractivity contribution >= 4 is 5.91 Å². The van der Waals surface area contributed by atoms with Crippen molar-refractivity contribution in [2.75, 3.05) is 6.61 Å². The van der Waals surface area contributed by atoms with Crippen LogP contribution in [0, 0.1) is 0 Å². The summed E-state index contributed by atoms with van der Waals surface area (Å²) < 4.78 is 0. The molecule has 0 spiro atoms.